The van der Waals surface area contributed by atoms with Crippen molar-refractivity contribution < 1.29 is 19.4 Å². The summed E-state index contributed by atoms with van der Waals surface area (Å²) in [5.74, 6) is 0.441. The van der Waals surface area contributed by atoms with Gasteiger partial charge in [0.25, 0.3) is 0 Å². The molecule has 0 saturated heterocycles. The molecule has 0 unspecified atom stereocenters. The molecular weight excluding hydrogens is 426 g/mol. The number of hydrogen-bond donors (Lipinski definition) is 1. The molecule has 0 atom stereocenters. The predicted molar refractivity (Wildman–Crippen MR) is 127 cm³/mol. The molecular formula is C26H28ClNO4. The van der Waals surface area contributed by atoms with Crippen LogP contribution >= 0.6 is 11.6 Å². The Morgan fingerprint density at radius 3 is 2.47 bits per heavy atom. The maximum absolute atomic E-state index is 11.7. The van der Waals surface area contributed by atoms with E-state index in [1.165, 1.54) is 5.56 Å². The van der Waals surface area contributed by atoms with E-state index < -0.39 is 5.97 Å². The Morgan fingerprint density at radius 2 is 1.78 bits per heavy atom. The molecule has 1 N–H and O–H groups in total. The van der Waals surface area contributed by atoms with Crippen LogP contribution in [0.2, 0.25) is 5.02 Å². The van der Waals surface area contributed by atoms with Crippen molar-refractivity contribution in [1.82, 2.24) is 4.98 Å². The third-order valence-corrected chi connectivity index (χ3v) is 5.25. The van der Waals surface area contributed by atoms with Crippen molar-refractivity contribution in [3.63, 3.8) is 0 Å². The quantitative estimate of drug-likeness (QED) is 0.337. The van der Waals surface area contributed by atoms with Crippen LogP contribution in [0.4, 0.5) is 0 Å². The van der Waals surface area contributed by atoms with Crippen LogP contribution in [0.3, 0.4) is 0 Å². The highest BCUT2D eigenvalue weighted by Crippen LogP contribution is 2.32. The molecule has 6 heteroatoms. The molecule has 32 heavy (non-hydrogen) atoms. The molecule has 3 rings (SSSR count). The molecule has 0 saturated carbocycles. The number of aromatic nitrogens is 1. The van der Waals surface area contributed by atoms with Gasteiger partial charge in [0, 0.05) is 10.6 Å². The molecule has 0 aliphatic carbocycles. The van der Waals surface area contributed by atoms with Crippen LogP contribution in [-0.4, -0.2) is 29.3 Å². The molecule has 0 spiro atoms. The minimum Gasteiger partial charge on any atom is -0.494 e. The van der Waals surface area contributed by atoms with Gasteiger partial charge in [-0.1, -0.05) is 37.1 Å². The van der Waals surface area contributed by atoms with Crippen molar-refractivity contribution in [2.75, 3.05) is 13.2 Å². The number of aromatic carboxylic acids is 1. The monoisotopic (exact) mass is 453 g/mol. The van der Waals surface area contributed by atoms with Crippen LogP contribution < -0.4 is 9.47 Å². The third-order valence-electron chi connectivity index (χ3n) is 5.01. The van der Waals surface area contributed by atoms with Gasteiger partial charge in [0.05, 0.1) is 30.2 Å². The molecule has 3 aromatic rings. The van der Waals surface area contributed by atoms with Gasteiger partial charge in [-0.15, -0.1) is 0 Å². The lowest BCUT2D eigenvalue weighted by molar-refractivity contribution is 0.0695. The number of aryl methyl sites for hydroxylation is 2. The fourth-order valence-electron chi connectivity index (χ4n) is 3.49. The number of pyridine rings is 1. The van der Waals surface area contributed by atoms with Crippen molar-refractivity contribution >= 4 is 17.6 Å². The lowest BCUT2D eigenvalue weighted by atomic mass is 10.0. The van der Waals surface area contributed by atoms with Crippen LogP contribution in [0.15, 0.2) is 54.6 Å². The van der Waals surface area contributed by atoms with Crippen molar-refractivity contribution in [2.45, 2.75) is 39.5 Å². The van der Waals surface area contributed by atoms with Gasteiger partial charge in [-0.05, 0) is 74.2 Å². The van der Waals surface area contributed by atoms with Gasteiger partial charge in [0.15, 0.2) is 0 Å². The summed E-state index contributed by atoms with van der Waals surface area (Å²) in [5.41, 5.74) is 3.44. The Labute approximate surface area is 194 Å². The summed E-state index contributed by atoms with van der Waals surface area (Å²) in [4.78, 5) is 16.4. The van der Waals surface area contributed by atoms with Crippen LogP contribution in [0.5, 0.6) is 11.5 Å². The molecule has 0 radical (unpaired) electrons. The first kappa shape index (κ1) is 23.6. The molecule has 0 amide bonds. The maximum Gasteiger partial charge on any atom is 0.337 e. The van der Waals surface area contributed by atoms with Gasteiger partial charge in [-0.2, -0.15) is 0 Å². The van der Waals surface area contributed by atoms with E-state index in [0.29, 0.717) is 48.2 Å². The van der Waals surface area contributed by atoms with E-state index in [0.717, 1.165) is 24.2 Å². The summed E-state index contributed by atoms with van der Waals surface area (Å²) >= 11 is 6.11. The van der Waals surface area contributed by atoms with E-state index in [1.807, 2.05) is 25.1 Å². The van der Waals surface area contributed by atoms with E-state index >= 15 is 0 Å². The van der Waals surface area contributed by atoms with Crippen molar-refractivity contribution in [3.8, 4) is 22.8 Å². The normalized spacial score (nSPS) is 10.7. The topological polar surface area (TPSA) is 68.7 Å². The Morgan fingerprint density at radius 1 is 1.00 bits per heavy atom. The zero-order chi connectivity index (χ0) is 22.9. The fraction of sp³-hybridized carbons (Fsp3) is 0.308. The Bertz CT molecular complexity index is 1050. The van der Waals surface area contributed by atoms with Gasteiger partial charge in [0.2, 0.25) is 0 Å². The lowest BCUT2D eigenvalue weighted by Crippen LogP contribution is -2.08. The Kier molecular flexibility index (Phi) is 8.51. The molecule has 1 heterocycles. The number of carboxylic acid groups (broad SMARTS) is 1. The summed E-state index contributed by atoms with van der Waals surface area (Å²) < 4.78 is 11.5. The van der Waals surface area contributed by atoms with Gasteiger partial charge >= 0.3 is 5.97 Å². The van der Waals surface area contributed by atoms with E-state index in [1.54, 1.807) is 24.3 Å². The van der Waals surface area contributed by atoms with Gasteiger partial charge in [0.1, 0.15) is 11.5 Å². The lowest BCUT2D eigenvalue weighted by Gasteiger charge is -2.13. The first-order valence-corrected chi connectivity index (χ1v) is 11.3. The largest absolute Gasteiger partial charge is 0.494 e. The average molecular weight is 454 g/mol. The SMILES string of the molecule is CCCc1ccc(OCCCc2nc(-c3ccc(Cl)cc3OCC)ccc2C(=O)O)cc1. The number of carbonyl (C=O) groups is 1. The summed E-state index contributed by atoms with van der Waals surface area (Å²) in [6, 6.07) is 16.8. The van der Waals surface area contributed by atoms with E-state index in [2.05, 4.69) is 24.0 Å². The molecule has 1 aromatic heterocycles. The highest BCUT2D eigenvalue weighted by molar-refractivity contribution is 6.30. The second-order valence-electron chi connectivity index (χ2n) is 7.42. The van der Waals surface area contributed by atoms with E-state index in [9.17, 15) is 9.90 Å². The molecule has 5 nitrogen and oxygen atoms in total. The van der Waals surface area contributed by atoms with Crippen LogP contribution in [-0.2, 0) is 12.8 Å². The number of rotatable bonds is 11. The number of benzene rings is 2. The third kappa shape index (κ3) is 6.24. The Hall–Kier alpha value is -3.05. The highest BCUT2D eigenvalue weighted by Gasteiger charge is 2.15. The summed E-state index contributed by atoms with van der Waals surface area (Å²) in [5, 5.41) is 10.2. The van der Waals surface area contributed by atoms with Gasteiger partial charge in [-0.25, -0.2) is 4.79 Å². The summed E-state index contributed by atoms with van der Waals surface area (Å²) in [7, 11) is 0. The minimum absolute atomic E-state index is 0.199. The van der Waals surface area contributed by atoms with Crippen molar-refractivity contribution in [3.05, 3.63) is 76.4 Å². The van der Waals surface area contributed by atoms with Gasteiger partial charge in [-0.3, -0.25) is 4.98 Å². The first-order chi connectivity index (χ1) is 15.5. The second-order valence-corrected chi connectivity index (χ2v) is 7.85. The fourth-order valence-corrected chi connectivity index (χ4v) is 3.65. The molecule has 0 bridgehead atoms. The molecule has 0 fully saturated rings. The van der Waals surface area contributed by atoms with Crippen LogP contribution in [0, 0.1) is 0 Å². The van der Waals surface area contributed by atoms with Crippen LogP contribution in [0.25, 0.3) is 11.3 Å². The number of halogens is 1. The van der Waals surface area contributed by atoms with Crippen molar-refractivity contribution in [1.29, 1.82) is 0 Å². The van der Waals surface area contributed by atoms with Crippen molar-refractivity contribution in [2.24, 2.45) is 0 Å². The average Bonchev–Trinajstić information content (AvgIpc) is 2.78. The van der Waals surface area contributed by atoms with Gasteiger partial charge < -0.3 is 14.6 Å². The molecule has 0 aliphatic heterocycles. The number of ether oxygens (including phenoxy) is 2. The van der Waals surface area contributed by atoms with E-state index in [-0.39, 0.29) is 5.56 Å². The van der Waals surface area contributed by atoms with E-state index in [4.69, 9.17) is 21.1 Å². The van der Waals surface area contributed by atoms with Crippen LogP contribution in [0.1, 0.15) is 48.3 Å². The molecule has 0 aliphatic rings. The molecule has 168 valence electrons. The smallest absolute Gasteiger partial charge is 0.337 e. The second kappa shape index (κ2) is 11.5. The molecule has 2 aromatic carbocycles. The summed E-state index contributed by atoms with van der Waals surface area (Å²) in [6.45, 7) is 5.02. The summed E-state index contributed by atoms with van der Waals surface area (Å²) in [6.07, 6.45) is 3.30. The number of hydrogen-bond acceptors (Lipinski definition) is 4. The first-order valence-electron chi connectivity index (χ1n) is 10.9. The Balaban J connectivity index is 1.72. The minimum atomic E-state index is -0.993. The maximum atomic E-state index is 11.7. The number of nitrogens with zero attached hydrogens (tertiary/aromatic N) is 1. The standard InChI is InChI=1S/C26H28ClNO4/c1-3-6-18-8-11-20(12-9-18)32-16-5-7-23-22(26(29)30)14-15-24(28-23)21-13-10-19(27)17-25(21)31-4-2/h8-15,17H,3-7,16H2,1-2H3,(H,29,30). The zero-order valence-electron chi connectivity index (χ0n) is 18.4. The number of carboxylic acids is 1. The highest BCUT2D eigenvalue weighted by atomic mass is 35.5. The predicted octanol–water partition coefficient (Wildman–Crippen LogP) is 6.46. The zero-order valence-corrected chi connectivity index (χ0v) is 19.2.